The molecule has 0 aliphatic carbocycles. The summed E-state index contributed by atoms with van der Waals surface area (Å²) in [6.07, 6.45) is -0.430. The molecule has 0 aromatic heterocycles. The van der Waals surface area contributed by atoms with Crippen LogP contribution in [0.4, 0.5) is 4.39 Å². The van der Waals surface area contributed by atoms with Gasteiger partial charge in [0.2, 0.25) is 17.8 Å². The average Bonchev–Trinajstić information content (AvgIpc) is 2.01. The predicted octanol–water partition coefficient (Wildman–Crippen LogP) is -0.297. The number of carboxylic acid groups (broad SMARTS) is 1. The molecule has 0 saturated heterocycles. The Bertz CT molecular complexity index is 337. The van der Waals surface area contributed by atoms with E-state index in [1.165, 1.54) is 6.92 Å². The Labute approximate surface area is 78.5 Å². The van der Waals surface area contributed by atoms with Gasteiger partial charge in [-0.2, -0.15) is 9.38 Å². The number of halogens is 1. The number of hydrogen-bond acceptors (Lipinski definition) is 3. The summed E-state index contributed by atoms with van der Waals surface area (Å²) in [6, 6.07) is -1.07. The van der Waals surface area contributed by atoms with E-state index in [1.807, 2.05) is 0 Å². The van der Waals surface area contributed by atoms with Crippen LogP contribution < -0.4 is 5.32 Å². The van der Waals surface area contributed by atoms with Crippen molar-refractivity contribution in [1.29, 1.82) is 0 Å². The number of carboxylic acids is 1. The third-order valence-corrected chi connectivity index (χ3v) is 1.46. The SMILES string of the molecule is CC(N=C1N=C(F)CC(=O)N1)C(=O)O. The van der Waals surface area contributed by atoms with Gasteiger partial charge in [-0.1, -0.05) is 0 Å². The lowest BCUT2D eigenvalue weighted by Gasteiger charge is -2.10. The Morgan fingerprint density at radius 3 is 2.93 bits per heavy atom. The molecule has 1 unspecified atom stereocenters. The van der Waals surface area contributed by atoms with Crippen molar-refractivity contribution >= 4 is 23.8 Å². The van der Waals surface area contributed by atoms with Crippen molar-refractivity contribution < 1.29 is 19.1 Å². The molecule has 0 spiro atoms. The van der Waals surface area contributed by atoms with E-state index in [2.05, 4.69) is 15.3 Å². The summed E-state index contributed by atoms with van der Waals surface area (Å²) in [5.41, 5.74) is 0. The third kappa shape index (κ3) is 2.61. The molecule has 0 aromatic carbocycles. The smallest absolute Gasteiger partial charge is 0.328 e. The molecular formula is C7H8FN3O3. The van der Waals surface area contributed by atoms with Crippen LogP contribution in [0.25, 0.3) is 0 Å². The molecule has 14 heavy (non-hydrogen) atoms. The molecule has 0 radical (unpaired) electrons. The molecule has 1 aliphatic rings. The second kappa shape index (κ2) is 3.95. The Kier molecular flexibility index (Phi) is 2.90. The normalized spacial score (nSPS) is 21.4. The number of rotatable bonds is 2. The molecule has 1 rings (SSSR count). The molecule has 0 bridgehead atoms. The number of aliphatic carboxylic acids is 1. The van der Waals surface area contributed by atoms with Crippen molar-refractivity contribution in [3.05, 3.63) is 0 Å². The first-order valence-electron chi connectivity index (χ1n) is 3.82. The number of nitrogens with one attached hydrogen (secondary N) is 1. The highest BCUT2D eigenvalue weighted by molar-refractivity contribution is 6.13. The van der Waals surface area contributed by atoms with Crippen molar-refractivity contribution in [1.82, 2.24) is 5.32 Å². The second-order valence-electron chi connectivity index (χ2n) is 2.68. The lowest BCUT2D eigenvalue weighted by Crippen LogP contribution is -2.36. The van der Waals surface area contributed by atoms with Gasteiger partial charge in [-0.15, -0.1) is 0 Å². The van der Waals surface area contributed by atoms with Gasteiger partial charge in [-0.05, 0) is 6.92 Å². The van der Waals surface area contributed by atoms with Crippen LogP contribution >= 0.6 is 0 Å². The summed E-state index contributed by atoms with van der Waals surface area (Å²) >= 11 is 0. The minimum Gasteiger partial charge on any atom is -0.480 e. The van der Waals surface area contributed by atoms with E-state index in [9.17, 15) is 14.0 Å². The molecule has 76 valence electrons. The summed E-state index contributed by atoms with van der Waals surface area (Å²) in [4.78, 5) is 27.9. The van der Waals surface area contributed by atoms with E-state index < -0.39 is 30.3 Å². The minimum atomic E-state index is -1.17. The molecule has 2 N–H and O–H groups in total. The lowest BCUT2D eigenvalue weighted by atomic mass is 10.3. The fourth-order valence-corrected chi connectivity index (χ4v) is 0.784. The maximum Gasteiger partial charge on any atom is 0.328 e. The van der Waals surface area contributed by atoms with Crippen LogP contribution in [0, 0.1) is 0 Å². The van der Waals surface area contributed by atoms with E-state index >= 15 is 0 Å². The van der Waals surface area contributed by atoms with Crippen LogP contribution in [-0.2, 0) is 9.59 Å². The number of guanidine groups is 1. The first-order valence-corrected chi connectivity index (χ1v) is 3.82. The third-order valence-electron chi connectivity index (χ3n) is 1.46. The van der Waals surface area contributed by atoms with Crippen molar-refractivity contribution in [2.45, 2.75) is 19.4 Å². The van der Waals surface area contributed by atoms with Crippen molar-refractivity contribution in [3.63, 3.8) is 0 Å². The van der Waals surface area contributed by atoms with Crippen LogP contribution in [0.5, 0.6) is 0 Å². The first-order chi connectivity index (χ1) is 6.49. The lowest BCUT2D eigenvalue weighted by molar-refractivity contribution is -0.138. The van der Waals surface area contributed by atoms with Crippen LogP contribution in [-0.4, -0.2) is 34.9 Å². The van der Waals surface area contributed by atoms with E-state index in [0.29, 0.717) is 0 Å². The Hall–Kier alpha value is -1.79. The molecule has 7 heteroatoms. The van der Waals surface area contributed by atoms with Gasteiger partial charge in [-0.25, -0.2) is 9.79 Å². The van der Waals surface area contributed by atoms with Gasteiger partial charge in [0.05, 0.1) is 6.42 Å². The van der Waals surface area contributed by atoms with Crippen molar-refractivity contribution in [3.8, 4) is 0 Å². The molecule has 1 heterocycles. The highest BCUT2D eigenvalue weighted by Gasteiger charge is 2.18. The average molecular weight is 201 g/mol. The number of aliphatic imine (C=N–C) groups is 2. The zero-order chi connectivity index (χ0) is 10.7. The van der Waals surface area contributed by atoms with Gasteiger partial charge in [-0.3, -0.25) is 10.1 Å². The van der Waals surface area contributed by atoms with Crippen molar-refractivity contribution in [2.24, 2.45) is 9.98 Å². The van der Waals surface area contributed by atoms with Crippen LogP contribution in [0.2, 0.25) is 0 Å². The van der Waals surface area contributed by atoms with Gasteiger partial charge in [0.25, 0.3) is 0 Å². The highest BCUT2D eigenvalue weighted by atomic mass is 19.1. The second-order valence-corrected chi connectivity index (χ2v) is 2.68. The van der Waals surface area contributed by atoms with Crippen LogP contribution in [0.15, 0.2) is 9.98 Å². The number of carbonyl (C=O) groups excluding carboxylic acids is 1. The summed E-state index contributed by atoms with van der Waals surface area (Å²) < 4.78 is 12.6. The van der Waals surface area contributed by atoms with Crippen molar-refractivity contribution in [2.75, 3.05) is 0 Å². The summed E-state index contributed by atoms with van der Waals surface area (Å²) in [6.45, 7) is 1.30. The quantitative estimate of drug-likeness (QED) is 0.642. The molecule has 1 aliphatic heterocycles. The van der Waals surface area contributed by atoms with Crippen LogP contribution in [0.1, 0.15) is 13.3 Å². The zero-order valence-electron chi connectivity index (χ0n) is 7.32. The van der Waals surface area contributed by atoms with E-state index in [0.717, 1.165) is 0 Å². The molecule has 6 nitrogen and oxygen atoms in total. The summed E-state index contributed by atoms with van der Waals surface area (Å²) in [7, 11) is 0. The maximum atomic E-state index is 12.6. The van der Waals surface area contributed by atoms with Gasteiger partial charge in [0, 0.05) is 0 Å². The van der Waals surface area contributed by atoms with Crippen LogP contribution in [0.3, 0.4) is 0 Å². The minimum absolute atomic E-state index is 0.298. The predicted molar refractivity (Wildman–Crippen MR) is 45.8 cm³/mol. The molecular weight excluding hydrogens is 193 g/mol. The first kappa shape index (κ1) is 10.3. The van der Waals surface area contributed by atoms with E-state index in [4.69, 9.17) is 5.11 Å². The zero-order valence-corrected chi connectivity index (χ0v) is 7.32. The number of nitrogens with zero attached hydrogens (tertiary/aromatic N) is 2. The molecule has 1 atom stereocenters. The fraction of sp³-hybridized carbons (Fsp3) is 0.429. The van der Waals surface area contributed by atoms with Gasteiger partial charge in [0.15, 0.2) is 0 Å². The number of amides is 1. The maximum absolute atomic E-state index is 12.6. The fourth-order valence-electron chi connectivity index (χ4n) is 0.784. The molecule has 0 saturated carbocycles. The monoisotopic (exact) mass is 201 g/mol. The largest absolute Gasteiger partial charge is 0.480 e. The molecule has 1 amide bonds. The number of carbonyl (C=O) groups is 2. The van der Waals surface area contributed by atoms with Gasteiger partial charge >= 0.3 is 5.97 Å². The topological polar surface area (TPSA) is 91.1 Å². The number of hydrogen-bond donors (Lipinski definition) is 2. The van der Waals surface area contributed by atoms with Gasteiger partial charge < -0.3 is 5.11 Å². The van der Waals surface area contributed by atoms with Gasteiger partial charge in [0.1, 0.15) is 6.04 Å². The Morgan fingerprint density at radius 2 is 2.43 bits per heavy atom. The standard InChI is InChI=1S/C7H8FN3O3/c1-3(6(13)14)9-7-10-4(8)2-5(12)11-7/h3H,2H2,1H3,(H,13,14)(H,9,11,12). The van der Waals surface area contributed by atoms with E-state index in [-0.39, 0.29) is 5.96 Å². The van der Waals surface area contributed by atoms with E-state index in [1.54, 1.807) is 0 Å². The molecule has 0 aromatic rings. The summed E-state index contributed by atoms with van der Waals surface area (Å²) in [5, 5.41) is 10.6. The highest BCUT2D eigenvalue weighted by Crippen LogP contribution is 1.99. The molecule has 0 fully saturated rings. The summed E-state index contributed by atoms with van der Waals surface area (Å²) in [5.74, 6) is -2.93. The Morgan fingerprint density at radius 1 is 1.79 bits per heavy atom. The Balaban J connectivity index is 2.82.